The molecule has 3 rings (SSSR count). The summed E-state index contributed by atoms with van der Waals surface area (Å²) in [5.74, 6) is 0.814. The van der Waals surface area contributed by atoms with Gasteiger partial charge in [0.15, 0.2) is 0 Å². The minimum atomic E-state index is 0.199. The van der Waals surface area contributed by atoms with Gasteiger partial charge in [-0.1, -0.05) is 6.92 Å². The maximum atomic E-state index is 12.3. The summed E-state index contributed by atoms with van der Waals surface area (Å²) in [5, 5.41) is 2.91. The molecule has 4 nitrogen and oxygen atoms in total. The van der Waals surface area contributed by atoms with E-state index in [2.05, 4.69) is 16.9 Å². The summed E-state index contributed by atoms with van der Waals surface area (Å²) in [6, 6.07) is 3.89. The molecule has 2 aromatic heterocycles. The molecule has 1 amide bonds. The molecule has 110 valence electrons. The van der Waals surface area contributed by atoms with E-state index >= 15 is 0 Å². The van der Waals surface area contributed by atoms with Crippen molar-refractivity contribution in [2.24, 2.45) is 5.92 Å². The van der Waals surface area contributed by atoms with Crippen LogP contribution >= 0.6 is 11.3 Å². The summed E-state index contributed by atoms with van der Waals surface area (Å²) in [6.07, 6.45) is 6.30. The highest BCUT2D eigenvalue weighted by molar-refractivity contribution is 7.13. The Hall–Kier alpha value is -1.75. The predicted octanol–water partition coefficient (Wildman–Crippen LogP) is 3.01. The van der Waals surface area contributed by atoms with Crippen LogP contribution in [0, 0.1) is 5.92 Å². The van der Waals surface area contributed by atoms with Gasteiger partial charge in [-0.15, -0.1) is 11.3 Å². The van der Waals surface area contributed by atoms with Crippen molar-refractivity contribution in [3.05, 3.63) is 35.6 Å². The zero-order valence-electron chi connectivity index (χ0n) is 12.2. The van der Waals surface area contributed by atoms with Crippen LogP contribution in [0.4, 0.5) is 0 Å². The van der Waals surface area contributed by atoms with E-state index in [4.69, 9.17) is 0 Å². The molecule has 3 heterocycles. The monoisotopic (exact) mass is 301 g/mol. The Bertz CT molecular complexity index is 611. The first-order chi connectivity index (χ1) is 10.2. The van der Waals surface area contributed by atoms with Crippen LogP contribution in [-0.4, -0.2) is 33.9 Å². The molecule has 0 N–H and O–H groups in total. The average molecular weight is 301 g/mol. The van der Waals surface area contributed by atoms with Crippen molar-refractivity contribution >= 4 is 17.2 Å². The van der Waals surface area contributed by atoms with Gasteiger partial charge in [0.2, 0.25) is 5.91 Å². The number of pyridine rings is 1. The van der Waals surface area contributed by atoms with Gasteiger partial charge < -0.3 is 4.90 Å². The third kappa shape index (κ3) is 3.47. The van der Waals surface area contributed by atoms with E-state index < -0.39 is 0 Å². The number of rotatable bonds is 3. The second-order valence-corrected chi connectivity index (χ2v) is 6.51. The van der Waals surface area contributed by atoms with Gasteiger partial charge in [0, 0.05) is 36.4 Å². The number of nitrogens with zero attached hydrogens (tertiary/aromatic N) is 3. The van der Waals surface area contributed by atoms with Gasteiger partial charge in [0.1, 0.15) is 5.01 Å². The molecule has 5 heteroatoms. The molecule has 0 bridgehead atoms. The van der Waals surface area contributed by atoms with Crippen LogP contribution in [-0.2, 0) is 11.2 Å². The van der Waals surface area contributed by atoms with Crippen molar-refractivity contribution in [1.82, 2.24) is 14.9 Å². The lowest BCUT2D eigenvalue weighted by Crippen LogP contribution is -2.39. The summed E-state index contributed by atoms with van der Waals surface area (Å²) in [4.78, 5) is 23.0. The molecule has 0 radical (unpaired) electrons. The predicted molar refractivity (Wildman–Crippen MR) is 84.0 cm³/mol. The second kappa shape index (κ2) is 6.35. The Kier molecular flexibility index (Phi) is 4.29. The minimum Gasteiger partial charge on any atom is -0.342 e. The quantitative estimate of drug-likeness (QED) is 0.875. The number of amides is 1. The Balaban J connectivity index is 1.66. The Morgan fingerprint density at radius 1 is 1.52 bits per heavy atom. The van der Waals surface area contributed by atoms with Gasteiger partial charge in [-0.2, -0.15) is 0 Å². The fourth-order valence-electron chi connectivity index (χ4n) is 2.69. The highest BCUT2D eigenvalue weighted by Gasteiger charge is 2.21. The third-order valence-electron chi connectivity index (χ3n) is 3.80. The van der Waals surface area contributed by atoms with Gasteiger partial charge in [-0.25, -0.2) is 4.98 Å². The molecule has 1 aliphatic heterocycles. The van der Waals surface area contributed by atoms with E-state index in [1.165, 1.54) is 6.42 Å². The highest BCUT2D eigenvalue weighted by Crippen LogP contribution is 2.23. The number of carbonyl (C=O) groups is 1. The molecule has 2 aromatic rings. The van der Waals surface area contributed by atoms with Crippen molar-refractivity contribution in [1.29, 1.82) is 0 Å². The number of thiazole rings is 1. The fraction of sp³-hybridized carbons (Fsp3) is 0.438. The van der Waals surface area contributed by atoms with E-state index in [0.29, 0.717) is 12.3 Å². The second-order valence-electron chi connectivity index (χ2n) is 5.65. The lowest BCUT2D eigenvalue weighted by molar-refractivity contribution is -0.132. The highest BCUT2D eigenvalue weighted by atomic mass is 32.1. The molecule has 1 fully saturated rings. The molecule has 1 atom stereocenters. The number of hydrogen-bond donors (Lipinski definition) is 0. The smallest absolute Gasteiger partial charge is 0.228 e. The first kappa shape index (κ1) is 14.2. The van der Waals surface area contributed by atoms with Gasteiger partial charge >= 0.3 is 0 Å². The van der Waals surface area contributed by atoms with E-state index in [9.17, 15) is 4.79 Å². The Morgan fingerprint density at radius 2 is 2.43 bits per heavy atom. The van der Waals surface area contributed by atoms with Gasteiger partial charge in [0.25, 0.3) is 0 Å². The van der Waals surface area contributed by atoms with Gasteiger partial charge in [0.05, 0.1) is 12.1 Å². The molecule has 0 aromatic carbocycles. The van der Waals surface area contributed by atoms with Crippen molar-refractivity contribution < 1.29 is 4.79 Å². The lowest BCUT2D eigenvalue weighted by atomic mass is 10.00. The SMILES string of the molecule is CC1CCCN(C(=O)Cc2csc(-c3cccnc3)n2)C1. The average Bonchev–Trinajstić information content (AvgIpc) is 2.97. The van der Waals surface area contributed by atoms with Crippen LogP contribution in [0.5, 0.6) is 0 Å². The zero-order valence-corrected chi connectivity index (χ0v) is 13.0. The van der Waals surface area contributed by atoms with Gasteiger partial charge in [-0.3, -0.25) is 9.78 Å². The molecule has 0 spiro atoms. The standard InChI is InChI=1S/C16H19N3OS/c1-12-4-3-7-19(10-12)15(20)8-14-11-21-16(18-14)13-5-2-6-17-9-13/h2,5-6,9,11-12H,3-4,7-8,10H2,1H3. The molecule has 1 aliphatic rings. The van der Waals surface area contributed by atoms with Crippen molar-refractivity contribution in [2.45, 2.75) is 26.2 Å². The van der Waals surface area contributed by atoms with Crippen LogP contribution < -0.4 is 0 Å². The summed E-state index contributed by atoms with van der Waals surface area (Å²) < 4.78 is 0. The van der Waals surface area contributed by atoms with E-state index in [0.717, 1.165) is 35.8 Å². The lowest BCUT2D eigenvalue weighted by Gasteiger charge is -2.30. The summed E-state index contributed by atoms with van der Waals surface area (Å²) in [6.45, 7) is 3.99. The van der Waals surface area contributed by atoms with Crippen molar-refractivity contribution in [3.8, 4) is 10.6 Å². The molecule has 0 saturated carbocycles. The molecule has 1 unspecified atom stereocenters. The number of likely N-dealkylation sites (tertiary alicyclic amines) is 1. The summed E-state index contributed by atoms with van der Waals surface area (Å²) in [5.41, 5.74) is 1.87. The molecule has 1 saturated heterocycles. The number of piperidine rings is 1. The molecular formula is C16H19N3OS. The molecular weight excluding hydrogens is 282 g/mol. The first-order valence-corrected chi connectivity index (χ1v) is 8.23. The first-order valence-electron chi connectivity index (χ1n) is 7.35. The van der Waals surface area contributed by atoms with E-state index in [1.54, 1.807) is 23.7 Å². The Labute approximate surface area is 128 Å². The third-order valence-corrected chi connectivity index (χ3v) is 4.74. The number of carbonyl (C=O) groups excluding carboxylic acids is 1. The summed E-state index contributed by atoms with van der Waals surface area (Å²) in [7, 11) is 0. The van der Waals surface area contributed by atoms with Crippen molar-refractivity contribution in [2.75, 3.05) is 13.1 Å². The maximum Gasteiger partial charge on any atom is 0.228 e. The van der Waals surface area contributed by atoms with E-state index in [1.807, 2.05) is 22.4 Å². The van der Waals surface area contributed by atoms with Crippen LogP contribution in [0.2, 0.25) is 0 Å². The topological polar surface area (TPSA) is 46.1 Å². The van der Waals surface area contributed by atoms with Gasteiger partial charge in [-0.05, 0) is 30.9 Å². The number of hydrogen-bond acceptors (Lipinski definition) is 4. The fourth-order valence-corrected chi connectivity index (χ4v) is 3.50. The largest absolute Gasteiger partial charge is 0.342 e. The molecule has 0 aliphatic carbocycles. The van der Waals surface area contributed by atoms with Crippen LogP contribution in [0.15, 0.2) is 29.9 Å². The normalized spacial score (nSPS) is 18.7. The maximum absolute atomic E-state index is 12.3. The van der Waals surface area contributed by atoms with Crippen molar-refractivity contribution in [3.63, 3.8) is 0 Å². The van der Waals surface area contributed by atoms with Crippen LogP contribution in [0.25, 0.3) is 10.6 Å². The van der Waals surface area contributed by atoms with E-state index in [-0.39, 0.29) is 5.91 Å². The zero-order chi connectivity index (χ0) is 14.7. The van der Waals surface area contributed by atoms with Crippen LogP contribution in [0.3, 0.4) is 0 Å². The number of aromatic nitrogens is 2. The molecule has 21 heavy (non-hydrogen) atoms. The van der Waals surface area contributed by atoms with Crippen LogP contribution in [0.1, 0.15) is 25.5 Å². The summed E-state index contributed by atoms with van der Waals surface area (Å²) >= 11 is 1.57. The minimum absolute atomic E-state index is 0.199. The Morgan fingerprint density at radius 3 is 3.19 bits per heavy atom.